The van der Waals surface area contributed by atoms with Gasteiger partial charge in [-0.2, -0.15) is 0 Å². The van der Waals surface area contributed by atoms with Gasteiger partial charge in [-0.15, -0.1) is 24.0 Å². The molecule has 2 heterocycles. The zero-order valence-electron chi connectivity index (χ0n) is 18.7. The summed E-state index contributed by atoms with van der Waals surface area (Å²) in [5.41, 5.74) is 3.88. The first-order chi connectivity index (χ1) is 15.3. The molecule has 7 heteroatoms. The van der Waals surface area contributed by atoms with Crippen LogP contribution in [-0.2, 0) is 19.6 Å². The molecular formula is C25H33IN6. The predicted octanol–water partition coefficient (Wildman–Crippen LogP) is 3.83. The number of nitrogens with zero attached hydrogens (tertiary/aromatic N) is 5. The number of benzene rings is 2. The molecule has 0 atom stereocenters. The average molecular weight is 544 g/mol. The van der Waals surface area contributed by atoms with E-state index >= 15 is 0 Å². The first-order valence-corrected chi connectivity index (χ1v) is 11.1. The highest BCUT2D eigenvalue weighted by Crippen LogP contribution is 2.11. The van der Waals surface area contributed by atoms with Crippen molar-refractivity contribution in [1.29, 1.82) is 0 Å². The van der Waals surface area contributed by atoms with Gasteiger partial charge in [0.25, 0.3) is 0 Å². The van der Waals surface area contributed by atoms with Gasteiger partial charge in [-0.3, -0.25) is 4.90 Å². The van der Waals surface area contributed by atoms with Gasteiger partial charge in [0.1, 0.15) is 0 Å². The number of hydrogen-bond acceptors (Lipinski definition) is 3. The number of imidazole rings is 1. The molecule has 170 valence electrons. The molecule has 0 unspecified atom stereocenters. The summed E-state index contributed by atoms with van der Waals surface area (Å²) >= 11 is 0. The zero-order chi connectivity index (χ0) is 21.3. The Morgan fingerprint density at radius 3 is 2.41 bits per heavy atom. The van der Waals surface area contributed by atoms with E-state index in [2.05, 4.69) is 86.2 Å². The summed E-state index contributed by atoms with van der Waals surface area (Å²) < 4.78 is 2.08. The number of rotatable bonds is 7. The van der Waals surface area contributed by atoms with Crippen LogP contribution in [0.25, 0.3) is 0 Å². The van der Waals surface area contributed by atoms with Gasteiger partial charge in [0.15, 0.2) is 5.96 Å². The quantitative estimate of drug-likeness (QED) is 0.279. The molecule has 0 radical (unpaired) electrons. The number of nitrogens with one attached hydrogen (secondary N) is 1. The van der Waals surface area contributed by atoms with E-state index in [-0.39, 0.29) is 24.0 Å². The van der Waals surface area contributed by atoms with Crippen molar-refractivity contribution in [1.82, 2.24) is 24.7 Å². The molecule has 0 saturated carbocycles. The average Bonchev–Trinajstić information content (AvgIpc) is 3.31. The summed E-state index contributed by atoms with van der Waals surface area (Å²) in [7, 11) is 0. The molecule has 6 nitrogen and oxygen atoms in total. The monoisotopic (exact) mass is 544 g/mol. The van der Waals surface area contributed by atoms with Crippen LogP contribution in [0.2, 0.25) is 0 Å². The van der Waals surface area contributed by atoms with E-state index < -0.39 is 0 Å². The van der Waals surface area contributed by atoms with E-state index in [0.717, 1.165) is 51.8 Å². The summed E-state index contributed by atoms with van der Waals surface area (Å²) in [6, 6.07) is 19.4. The summed E-state index contributed by atoms with van der Waals surface area (Å²) in [5.74, 6) is 1.02. The van der Waals surface area contributed by atoms with Crippen LogP contribution in [0.3, 0.4) is 0 Å². The molecule has 1 N–H and O–H groups in total. The van der Waals surface area contributed by atoms with Crippen molar-refractivity contribution < 1.29 is 0 Å². The number of hydrogen-bond donors (Lipinski definition) is 1. The highest BCUT2D eigenvalue weighted by atomic mass is 127. The van der Waals surface area contributed by atoms with Crippen molar-refractivity contribution >= 4 is 29.9 Å². The van der Waals surface area contributed by atoms with Crippen molar-refractivity contribution in [2.75, 3.05) is 32.7 Å². The smallest absolute Gasteiger partial charge is 0.194 e. The highest BCUT2D eigenvalue weighted by molar-refractivity contribution is 14.0. The van der Waals surface area contributed by atoms with Crippen molar-refractivity contribution in [2.45, 2.75) is 26.6 Å². The topological polar surface area (TPSA) is 48.7 Å². The highest BCUT2D eigenvalue weighted by Gasteiger charge is 2.19. The number of aliphatic imine (C=N–C) groups is 1. The predicted molar refractivity (Wildman–Crippen MR) is 141 cm³/mol. The third-order valence-electron chi connectivity index (χ3n) is 5.58. The Morgan fingerprint density at radius 1 is 0.938 bits per heavy atom. The molecule has 1 saturated heterocycles. The maximum Gasteiger partial charge on any atom is 0.194 e. The largest absolute Gasteiger partial charge is 0.357 e. The lowest BCUT2D eigenvalue weighted by Gasteiger charge is -2.36. The Balaban J connectivity index is 0.00000289. The summed E-state index contributed by atoms with van der Waals surface area (Å²) in [5, 5.41) is 3.48. The van der Waals surface area contributed by atoms with Gasteiger partial charge in [0.05, 0.1) is 12.9 Å². The molecule has 1 aromatic heterocycles. The number of guanidine groups is 1. The lowest BCUT2D eigenvalue weighted by Crippen LogP contribution is -2.52. The second-order valence-electron chi connectivity index (χ2n) is 7.97. The molecule has 4 rings (SSSR count). The van der Waals surface area contributed by atoms with E-state index in [0.29, 0.717) is 6.54 Å². The van der Waals surface area contributed by atoms with Gasteiger partial charge < -0.3 is 14.8 Å². The Bertz CT molecular complexity index is 950. The van der Waals surface area contributed by atoms with Crippen LogP contribution in [0.5, 0.6) is 0 Å². The van der Waals surface area contributed by atoms with Gasteiger partial charge >= 0.3 is 0 Å². The first kappa shape index (κ1) is 24.3. The van der Waals surface area contributed by atoms with Crippen LogP contribution in [0.4, 0.5) is 0 Å². The summed E-state index contributed by atoms with van der Waals surface area (Å²) in [4.78, 5) is 14.0. The van der Waals surface area contributed by atoms with Crippen LogP contribution in [0.1, 0.15) is 23.6 Å². The third kappa shape index (κ3) is 7.06. The van der Waals surface area contributed by atoms with Crippen molar-refractivity contribution in [3.8, 4) is 0 Å². The Kier molecular flexibility index (Phi) is 9.55. The molecule has 3 aromatic rings. The van der Waals surface area contributed by atoms with Gasteiger partial charge in [0, 0.05) is 58.2 Å². The molecule has 1 aliphatic heterocycles. The summed E-state index contributed by atoms with van der Waals surface area (Å²) in [6.07, 6.45) is 5.66. The first-order valence-electron chi connectivity index (χ1n) is 11.1. The molecule has 1 fully saturated rings. The van der Waals surface area contributed by atoms with Crippen LogP contribution in [0, 0.1) is 0 Å². The van der Waals surface area contributed by atoms with Gasteiger partial charge in [0.2, 0.25) is 0 Å². The van der Waals surface area contributed by atoms with Crippen LogP contribution < -0.4 is 5.32 Å². The number of halogens is 1. The van der Waals surface area contributed by atoms with Gasteiger partial charge in [-0.1, -0.05) is 54.6 Å². The van der Waals surface area contributed by atoms with Crippen molar-refractivity contribution in [2.24, 2.45) is 4.99 Å². The molecule has 0 spiro atoms. The Hall–Kier alpha value is -2.39. The van der Waals surface area contributed by atoms with Crippen molar-refractivity contribution in [3.63, 3.8) is 0 Å². The van der Waals surface area contributed by atoms with E-state index in [1.54, 1.807) is 0 Å². The molecular weight excluding hydrogens is 511 g/mol. The molecule has 1 aliphatic rings. The molecule has 0 aliphatic carbocycles. The van der Waals surface area contributed by atoms with E-state index in [4.69, 9.17) is 4.99 Å². The normalized spacial score (nSPS) is 14.8. The minimum Gasteiger partial charge on any atom is -0.357 e. The van der Waals surface area contributed by atoms with E-state index in [1.807, 2.05) is 18.7 Å². The zero-order valence-corrected chi connectivity index (χ0v) is 21.1. The minimum atomic E-state index is 0. The van der Waals surface area contributed by atoms with E-state index in [9.17, 15) is 0 Å². The minimum absolute atomic E-state index is 0. The van der Waals surface area contributed by atoms with Crippen LogP contribution in [-0.4, -0.2) is 58.0 Å². The maximum atomic E-state index is 4.95. The second kappa shape index (κ2) is 12.6. The molecule has 0 bridgehead atoms. The van der Waals surface area contributed by atoms with Crippen LogP contribution >= 0.6 is 24.0 Å². The number of piperazine rings is 1. The van der Waals surface area contributed by atoms with Crippen molar-refractivity contribution in [3.05, 3.63) is 90.0 Å². The molecule has 2 aromatic carbocycles. The molecule has 0 amide bonds. The standard InChI is InChI=1S/C25H32N6.HI/c1-2-27-25(31-15-13-29(14-16-31)19-22-7-4-3-5-8-22)28-18-23-9-6-10-24(17-23)20-30-12-11-26-21-30;/h3-12,17,21H,2,13-16,18-20H2,1H3,(H,27,28);1H. The fraction of sp³-hybridized carbons (Fsp3) is 0.360. The lowest BCUT2D eigenvalue weighted by molar-refractivity contribution is 0.172. The Labute approximate surface area is 208 Å². The maximum absolute atomic E-state index is 4.95. The van der Waals surface area contributed by atoms with Gasteiger partial charge in [-0.25, -0.2) is 9.98 Å². The number of aromatic nitrogens is 2. The summed E-state index contributed by atoms with van der Waals surface area (Å²) in [6.45, 7) is 9.66. The molecule has 32 heavy (non-hydrogen) atoms. The van der Waals surface area contributed by atoms with Gasteiger partial charge in [-0.05, 0) is 23.6 Å². The van der Waals surface area contributed by atoms with Crippen LogP contribution in [0.15, 0.2) is 78.3 Å². The SMILES string of the molecule is CCNC(=NCc1cccc(Cn2ccnc2)c1)N1CCN(Cc2ccccc2)CC1.I. The lowest BCUT2D eigenvalue weighted by atomic mass is 10.1. The fourth-order valence-corrected chi connectivity index (χ4v) is 3.97. The van der Waals surface area contributed by atoms with E-state index in [1.165, 1.54) is 16.7 Å². The fourth-order valence-electron chi connectivity index (χ4n) is 3.97. The Morgan fingerprint density at radius 2 is 1.69 bits per heavy atom. The second-order valence-corrected chi connectivity index (χ2v) is 7.97. The third-order valence-corrected chi connectivity index (χ3v) is 5.58.